The van der Waals surface area contributed by atoms with E-state index in [0.29, 0.717) is 37.9 Å². The topological polar surface area (TPSA) is 100 Å². The zero-order valence-corrected chi connectivity index (χ0v) is 23.9. The van der Waals surface area contributed by atoms with Crippen molar-refractivity contribution in [2.75, 3.05) is 44.2 Å². The average Bonchev–Trinajstić information content (AvgIpc) is 3.20. The molecular weight excluding hydrogens is 496 g/mol. The highest BCUT2D eigenvalue weighted by molar-refractivity contribution is 6.02. The van der Waals surface area contributed by atoms with Crippen LogP contribution in [0.1, 0.15) is 65.0 Å². The molecule has 39 heavy (non-hydrogen) atoms. The molecule has 0 radical (unpaired) electrons. The van der Waals surface area contributed by atoms with Crippen molar-refractivity contribution < 1.29 is 19.1 Å². The maximum atomic E-state index is 12.5. The van der Waals surface area contributed by atoms with E-state index in [4.69, 9.17) is 4.74 Å². The van der Waals surface area contributed by atoms with Crippen molar-refractivity contribution in [1.29, 1.82) is 0 Å². The predicted octanol–water partition coefficient (Wildman–Crippen LogP) is 3.25. The zero-order chi connectivity index (χ0) is 27.9. The first-order valence-corrected chi connectivity index (χ1v) is 14.3. The Morgan fingerprint density at radius 1 is 1.10 bits per heavy atom. The van der Waals surface area contributed by atoms with E-state index in [2.05, 4.69) is 45.3 Å². The number of aromatic nitrogens is 2. The molecule has 212 valence electrons. The second kappa shape index (κ2) is 10.8. The molecule has 3 aliphatic rings. The fourth-order valence-corrected chi connectivity index (χ4v) is 6.15. The van der Waals surface area contributed by atoms with Gasteiger partial charge in [-0.25, -0.2) is 4.79 Å². The van der Waals surface area contributed by atoms with Crippen molar-refractivity contribution in [1.82, 2.24) is 24.9 Å². The number of benzene rings is 1. The number of aryl methyl sites for hydroxylation is 1. The van der Waals surface area contributed by atoms with Crippen molar-refractivity contribution in [2.24, 2.45) is 13.0 Å². The third kappa shape index (κ3) is 6.05. The van der Waals surface area contributed by atoms with Crippen LogP contribution in [0.3, 0.4) is 0 Å². The molecule has 1 N–H and O–H groups in total. The molecule has 1 aromatic heterocycles. The number of hydrogen-bond acceptors (Lipinski definition) is 7. The third-order valence-electron chi connectivity index (χ3n) is 8.32. The Hall–Kier alpha value is -3.14. The summed E-state index contributed by atoms with van der Waals surface area (Å²) in [7, 11) is 1.91. The SMILES string of the molecule is C[C@@H]1CN(C(=O)OC(C)(C)C)CCN1CC1CCN(c2ccc3c(C4CCC(=O)NC4=O)nn(C)c3c2)CC1. The molecule has 2 atom stereocenters. The number of anilines is 1. The Labute approximate surface area is 230 Å². The first-order valence-electron chi connectivity index (χ1n) is 14.3. The van der Waals surface area contributed by atoms with Crippen LogP contribution in [0.4, 0.5) is 10.5 Å². The third-order valence-corrected chi connectivity index (χ3v) is 8.32. The molecule has 3 amide bonds. The number of nitrogens with zero attached hydrogens (tertiary/aromatic N) is 5. The lowest BCUT2D eigenvalue weighted by Crippen LogP contribution is -2.55. The molecule has 2 aromatic rings. The van der Waals surface area contributed by atoms with Crippen LogP contribution < -0.4 is 10.2 Å². The van der Waals surface area contributed by atoms with Crippen LogP contribution in [-0.4, -0.2) is 88.4 Å². The summed E-state index contributed by atoms with van der Waals surface area (Å²) < 4.78 is 7.42. The number of piperazine rings is 1. The molecule has 0 saturated carbocycles. The van der Waals surface area contributed by atoms with Gasteiger partial charge in [0.1, 0.15) is 5.60 Å². The summed E-state index contributed by atoms with van der Waals surface area (Å²) in [5, 5.41) is 8.11. The number of fused-ring (bicyclic) bond motifs is 1. The molecular formula is C29H42N6O4. The van der Waals surface area contributed by atoms with Crippen LogP contribution in [0.2, 0.25) is 0 Å². The van der Waals surface area contributed by atoms with E-state index in [1.165, 1.54) is 5.69 Å². The molecule has 0 spiro atoms. The molecule has 1 unspecified atom stereocenters. The van der Waals surface area contributed by atoms with Gasteiger partial charge in [0.2, 0.25) is 11.8 Å². The Morgan fingerprint density at radius 3 is 2.51 bits per heavy atom. The predicted molar refractivity (Wildman–Crippen MR) is 150 cm³/mol. The first kappa shape index (κ1) is 27.4. The summed E-state index contributed by atoms with van der Waals surface area (Å²) in [6.07, 6.45) is 2.89. The van der Waals surface area contributed by atoms with E-state index >= 15 is 0 Å². The Kier molecular flexibility index (Phi) is 7.59. The van der Waals surface area contributed by atoms with Gasteiger partial charge in [0.15, 0.2) is 0 Å². The minimum Gasteiger partial charge on any atom is -0.444 e. The number of rotatable bonds is 4. The summed E-state index contributed by atoms with van der Waals surface area (Å²) in [4.78, 5) is 43.3. The van der Waals surface area contributed by atoms with Crippen molar-refractivity contribution >= 4 is 34.5 Å². The van der Waals surface area contributed by atoms with Gasteiger partial charge in [-0.15, -0.1) is 0 Å². The molecule has 0 bridgehead atoms. The number of hydrogen-bond donors (Lipinski definition) is 1. The number of carbonyl (C=O) groups excluding carboxylic acids is 3. The van der Waals surface area contributed by atoms with Gasteiger partial charge in [0, 0.05) is 69.9 Å². The number of carbonyl (C=O) groups is 3. The van der Waals surface area contributed by atoms with Crippen molar-refractivity contribution in [2.45, 2.75) is 70.9 Å². The average molecular weight is 539 g/mol. The molecule has 3 saturated heterocycles. The normalized spacial score (nSPS) is 23.8. The van der Waals surface area contributed by atoms with Crippen LogP contribution in [0.5, 0.6) is 0 Å². The van der Waals surface area contributed by atoms with E-state index < -0.39 is 5.60 Å². The van der Waals surface area contributed by atoms with Crippen LogP contribution in [0.15, 0.2) is 18.2 Å². The lowest BCUT2D eigenvalue weighted by atomic mass is 9.92. The Morgan fingerprint density at radius 2 is 1.85 bits per heavy atom. The molecule has 10 heteroatoms. The van der Waals surface area contributed by atoms with Gasteiger partial charge in [-0.3, -0.25) is 24.5 Å². The number of amides is 3. The van der Waals surface area contributed by atoms with Crippen LogP contribution in [0, 0.1) is 5.92 Å². The second-order valence-electron chi connectivity index (χ2n) is 12.4. The van der Waals surface area contributed by atoms with Gasteiger partial charge < -0.3 is 14.5 Å². The van der Waals surface area contributed by atoms with Crippen molar-refractivity contribution in [3.63, 3.8) is 0 Å². The summed E-state index contributed by atoms with van der Waals surface area (Å²) in [6, 6.07) is 6.71. The molecule has 3 fully saturated rings. The number of ether oxygens (including phenoxy) is 1. The van der Waals surface area contributed by atoms with Crippen molar-refractivity contribution in [3.05, 3.63) is 23.9 Å². The Bertz CT molecular complexity index is 1240. The lowest BCUT2D eigenvalue weighted by molar-refractivity contribution is -0.134. The maximum Gasteiger partial charge on any atom is 0.410 e. The van der Waals surface area contributed by atoms with Gasteiger partial charge in [0.25, 0.3) is 0 Å². The van der Waals surface area contributed by atoms with Gasteiger partial charge in [-0.05, 0) is 71.1 Å². The molecule has 0 aliphatic carbocycles. The van der Waals surface area contributed by atoms with Crippen LogP contribution in [0.25, 0.3) is 10.9 Å². The number of nitrogens with one attached hydrogen (secondary N) is 1. The van der Waals surface area contributed by atoms with Crippen molar-refractivity contribution in [3.8, 4) is 0 Å². The van der Waals surface area contributed by atoms with Gasteiger partial charge in [-0.1, -0.05) is 0 Å². The Balaban J connectivity index is 1.16. The fraction of sp³-hybridized carbons (Fsp3) is 0.655. The minimum absolute atomic E-state index is 0.209. The molecule has 4 heterocycles. The molecule has 5 rings (SSSR count). The van der Waals surface area contributed by atoms with E-state index in [1.54, 1.807) is 0 Å². The lowest BCUT2D eigenvalue weighted by Gasteiger charge is -2.43. The number of piperidine rings is 2. The summed E-state index contributed by atoms with van der Waals surface area (Å²) >= 11 is 0. The van der Waals surface area contributed by atoms with E-state index in [9.17, 15) is 14.4 Å². The molecule has 10 nitrogen and oxygen atoms in total. The van der Waals surface area contributed by atoms with E-state index in [-0.39, 0.29) is 23.8 Å². The summed E-state index contributed by atoms with van der Waals surface area (Å²) in [6.45, 7) is 13.3. The van der Waals surface area contributed by atoms with Gasteiger partial charge in [-0.2, -0.15) is 5.10 Å². The first-order chi connectivity index (χ1) is 18.5. The summed E-state index contributed by atoms with van der Waals surface area (Å²) in [5.41, 5.74) is 2.47. The standard InChI is InChI=1S/C29H42N6O4/c1-19-17-35(28(38)39-29(2,3)4)15-14-34(19)18-20-10-12-33(13-11-20)21-6-7-22-24(16-21)32(5)31-26(22)23-8-9-25(36)30-27(23)37/h6-7,16,19-20,23H,8-15,17-18H2,1-5H3,(H,30,36,37)/t19-,23?/m1/s1. The summed E-state index contributed by atoms with van der Waals surface area (Å²) in [5.74, 6) is -0.213. The van der Waals surface area contributed by atoms with Crippen LogP contribution >= 0.6 is 0 Å². The second-order valence-corrected chi connectivity index (χ2v) is 12.4. The maximum absolute atomic E-state index is 12.5. The highest BCUT2D eigenvalue weighted by Crippen LogP contribution is 2.33. The van der Waals surface area contributed by atoms with Gasteiger partial charge in [0.05, 0.1) is 17.1 Å². The smallest absolute Gasteiger partial charge is 0.410 e. The largest absolute Gasteiger partial charge is 0.444 e. The quantitative estimate of drug-likeness (QED) is 0.597. The highest BCUT2D eigenvalue weighted by atomic mass is 16.6. The van der Waals surface area contributed by atoms with Gasteiger partial charge >= 0.3 is 6.09 Å². The minimum atomic E-state index is -0.470. The highest BCUT2D eigenvalue weighted by Gasteiger charge is 2.33. The zero-order valence-electron chi connectivity index (χ0n) is 23.9. The molecule has 3 aliphatic heterocycles. The number of imide groups is 1. The fourth-order valence-electron chi connectivity index (χ4n) is 6.15. The molecule has 1 aromatic carbocycles. The van der Waals surface area contributed by atoms with Crippen LogP contribution in [-0.2, 0) is 21.4 Å². The van der Waals surface area contributed by atoms with E-state index in [1.807, 2.05) is 37.4 Å². The monoisotopic (exact) mass is 538 g/mol. The van der Waals surface area contributed by atoms with E-state index in [0.717, 1.165) is 55.6 Å².